The molecule has 0 unspecified atom stereocenters. The van der Waals surface area contributed by atoms with E-state index in [1.165, 1.54) is 6.08 Å². The molecular weight excluding hydrogens is 438 g/mol. The number of rotatable bonds is 6. The molecule has 0 saturated heterocycles. The fourth-order valence-electron chi connectivity index (χ4n) is 3.76. The molecular formula is C28H25N5O2. The van der Waals surface area contributed by atoms with Gasteiger partial charge in [0, 0.05) is 18.4 Å². The molecule has 35 heavy (non-hydrogen) atoms. The first-order chi connectivity index (χ1) is 16.9. The van der Waals surface area contributed by atoms with Crippen LogP contribution in [0.2, 0.25) is 0 Å². The Morgan fingerprint density at radius 1 is 0.943 bits per heavy atom. The van der Waals surface area contributed by atoms with Gasteiger partial charge in [-0.3, -0.25) is 14.3 Å². The van der Waals surface area contributed by atoms with Gasteiger partial charge in [-0.2, -0.15) is 5.26 Å². The molecule has 0 spiro atoms. The van der Waals surface area contributed by atoms with E-state index in [-0.39, 0.29) is 11.1 Å². The van der Waals surface area contributed by atoms with Gasteiger partial charge in [0.05, 0.1) is 11.4 Å². The Morgan fingerprint density at radius 2 is 1.66 bits per heavy atom. The summed E-state index contributed by atoms with van der Waals surface area (Å²) in [5.41, 5.74) is 4.96. The monoisotopic (exact) mass is 463 g/mol. The third-order valence-corrected chi connectivity index (χ3v) is 5.69. The molecule has 174 valence electrons. The Hall–Kier alpha value is -4.83. The van der Waals surface area contributed by atoms with Crippen LogP contribution in [0.1, 0.15) is 16.8 Å². The smallest absolute Gasteiger partial charge is 0.295 e. The zero-order chi connectivity index (χ0) is 24.9. The van der Waals surface area contributed by atoms with Crippen LogP contribution >= 0.6 is 0 Å². The van der Waals surface area contributed by atoms with E-state index in [2.05, 4.69) is 10.6 Å². The summed E-state index contributed by atoms with van der Waals surface area (Å²) in [5, 5.41) is 15.5. The SMILES string of the molecule is Cc1cccc(NC(=O)/C(C#N)=C/c2ccc(Nc3c(C)n(C)n(-c4ccccc4)c3=O)cc2)c1. The Balaban J connectivity index is 1.53. The molecule has 7 nitrogen and oxygen atoms in total. The first-order valence-electron chi connectivity index (χ1n) is 11.1. The number of amides is 1. The topological polar surface area (TPSA) is 91.8 Å². The molecule has 1 amide bonds. The Bertz CT molecular complexity index is 1500. The highest BCUT2D eigenvalue weighted by molar-refractivity contribution is 6.09. The number of para-hydroxylation sites is 1. The van der Waals surface area contributed by atoms with Crippen LogP contribution in [0, 0.1) is 25.2 Å². The molecule has 0 bridgehead atoms. The summed E-state index contributed by atoms with van der Waals surface area (Å²) in [6.45, 7) is 3.81. The first-order valence-corrected chi connectivity index (χ1v) is 11.1. The number of nitrogens with zero attached hydrogens (tertiary/aromatic N) is 3. The summed E-state index contributed by atoms with van der Waals surface area (Å²) in [6, 6.07) is 26.0. The summed E-state index contributed by atoms with van der Waals surface area (Å²) in [7, 11) is 1.84. The molecule has 0 aliphatic rings. The lowest BCUT2D eigenvalue weighted by atomic mass is 10.1. The van der Waals surface area contributed by atoms with Crippen LogP contribution in [0.5, 0.6) is 0 Å². The van der Waals surface area contributed by atoms with Gasteiger partial charge < -0.3 is 10.6 Å². The molecule has 1 aromatic heterocycles. The van der Waals surface area contributed by atoms with Gasteiger partial charge >= 0.3 is 0 Å². The van der Waals surface area contributed by atoms with Crippen LogP contribution < -0.4 is 16.2 Å². The highest BCUT2D eigenvalue weighted by atomic mass is 16.2. The van der Waals surface area contributed by atoms with E-state index in [0.29, 0.717) is 16.9 Å². The van der Waals surface area contributed by atoms with Gasteiger partial charge in [-0.15, -0.1) is 0 Å². The van der Waals surface area contributed by atoms with E-state index < -0.39 is 5.91 Å². The quantitative estimate of drug-likeness (QED) is 0.308. The van der Waals surface area contributed by atoms with E-state index in [4.69, 9.17) is 0 Å². The lowest BCUT2D eigenvalue weighted by molar-refractivity contribution is -0.112. The normalized spacial score (nSPS) is 11.1. The molecule has 0 atom stereocenters. The van der Waals surface area contributed by atoms with E-state index >= 15 is 0 Å². The Morgan fingerprint density at radius 3 is 2.31 bits per heavy atom. The van der Waals surface area contributed by atoms with Gasteiger partial charge in [-0.25, -0.2) is 4.68 Å². The second-order valence-corrected chi connectivity index (χ2v) is 8.18. The number of hydrogen-bond donors (Lipinski definition) is 2. The van der Waals surface area contributed by atoms with Crippen molar-refractivity contribution in [3.8, 4) is 11.8 Å². The fourth-order valence-corrected chi connectivity index (χ4v) is 3.76. The minimum atomic E-state index is -0.471. The van der Waals surface area contributed by atoms with E-state index in [1.807, 2.05) is 80.2 Å². The molecule has 0 fully saturated rings. The minimum absolute atomic E-state index is 0.00290. The van der Waals surface area contributed by atoms with Crippen molar-refractivity contribution in [1.82, 2.24) is 9.36 Å². The molecule has 4 aromatic rings. The second-order valence-electron chi connectivity index (χ2n) is 8.18. The van der Waals surface area contributed by atoms with Crippen molar-refractivity contribution in [2.75, 3.05) is 10.6 Å². The molecule has 0 saturated carbocycles. The third-order valence-electron chi connectivity index (χ3n) is 5.69. The van der Waals surface area contributed by atoms with Crippen LogP contribution in [-0.4, -0.2) is 15.3 Å². The summed E-state index contributed by atoms with van der Waals surface area (Å²) < 4.78 is 3.42. The highest BCUT2D eigenvalue weighted by Crippen LogP contribution is 2.21. The number of carbonyl (C=O) groups excluding carboxylic acids is 1. The van der Waals surface area contributed by atoms with Crippen LogP contribution in [0.3, 0.4) is 0 Å². The van der Waals surface area contributed by atoms with Crippen molar-refractivity contribution in [1.29, 1.82) is 5.26 Å². The number of anilines is 3. The van der Waals surface area contributed by atoms with Crippen molar-refractivity contribution in [3.63, 3.8) is 0 Å². The van der Waals surface area contributed by atoms with Crippen molar-refractivity contribution in [2.45, 2.75) is 13.8 Å². The molecule has 3 aromatic carbocycles. The number of benzene rings is 3. The second kappa shape index (κ2) is 9.98. The van der Waals surface area contributed by atoms with E-state index in [1.54, 1.807) is 35.0 Å². The molecule has 0 aliphatic carbocycles. The molecule has 7 heteroatoms. The van der Waals surface area contributed by atoms with Crippen LogP contribution in [0.4, 0.5) is 17.1 Å². The maximum absolute atomic E-state index is 13.1. The van der Waals surface area contributed by atoms with Gasteiger partial charge in [0.1, 0.15) is 17.3 Å². The van der Waals surface area contributed by atoms with Crippen molar-refractivity contribution in [3.05, 3.63) is 112 Å². The number of nitrogens with one attached hydrogen (secondary N) is 2. The van der Waals surface area contributed by atoms with Crippen LogP contribution in [0.15, 0.2) is 89.2 Å². The maximum atomic E-state index is 13.1. The third kappa shape index (κ3) is 5.07. The van der Waals surface area contributed by atoms with Gasteiger partial charge in [0.25, 0.3) is 11.5 Å². The van der Waals surface area contributed by atoms with Crippen molar-refractivity contribution < 1.29 is 4.79 Å². The van der Waals surface area contributed by atoms with Gasteiger partial charge in [0.2, 0.25) is 0 Å². The van der Waals surface area contributed by atoms with Crippen LogP contribution in [0.25, 0.3) is 11.8 Å². The number of nitriles is 1. The predicted octanol–water partition coefficient (Wildman–Crippen LogP) is 5.08. The summed E-state index contributed by atoms with van der Waals surface area (Å²) in [5.74, 6) is -0.471. The lowest BCUT2D eigenvalue weighted by Gasteiger charge is -2.07. The number of carbonyl (C=O) groups is 1. The largest absolute Gasteiger partial charge is 0.349 e. The lowest BCUT2D eigenvalue weighted by Crippen LogP contribution is -2.20. The molecule has 0 radical (unpaired) electrons. The number of aryl methyl sites for hydroxylation is 1. The molecule has 2 N–H and O–H groups in total. The summed E-state index contributed by atoms with van der Waals surface area (Å²) >= 11 is 0. The Kier molecular flexibility index (Phi) is 6.65. The maximum Gasteiger partial charge on any atom is 0.295 e. The average molecular weight is 464 g/mol. The standard InChI is InChI=1S/C28H25N5O2/c1-19-8-7-9-24(16-19)31-27(34)22(18-29)17-21-12-14-23(15-13-21)30-26-20(2)32(3)33(28(26)35)25-10-5-4-6-11-25/h4-17,30H,1-3H3,(H,31,34)/b22-17+. The van der Waals surface area contributed by atoms with Gasteiger partial charge in [0.15, 0.2) is 0 Å². The van der Waals surface area contributed by atoms with Gasteiger partial charge in [-0.05, 0) is 67.4 Å². The average Bonchev–Trinajstić information content (AvgIpc) is 3.07. The zero-order valence-corrected chi connectivity index (χ0v) is 19.7. The summed E-state index contributed by atoms with van der Waals surface area (Å²) in [4.78, 5) is 25.6. The molecule has 1 heterocycles. The number of hydrogen-bond acceptors (Lipinski definition) is 4. The zero-order valence-electron chi connectivity index (χ0n) is 19.7. The Labute approximate surface area is 203 Å². The van der Waals surface area contributed by atoms with Crippen molar-refractivity contribution in [2.24, 2.45) is 7.05 Å². The fraction of sp³-hybridized carbons (Fsp3) is 0.107. The number of aromatic nitrogens is 2. The van der Waals surface area contributed by atoms with E-state index in [9.17, 15) is 14.9 Å². The van der Waals surface area contributed by atoms with Gasteiger partial charge in [-0.1, -0.05) is 42.5 Å². The highest BCUT2D eigenvalue weighted by Gasteiger charge is 2.16. The van der Waals surface area contributed by atoms with E-state index in [0.717, 1.165) is 22.6 Å². The van der Waals surface area contributed by atoms with Crippen LogP contribution in [-0.2, 0) is 11.8 Å². The molecule has 4 rings (SSSR count). The molecule has 0 aliphatic heterocycles. The minimum Gasteiger partial charge on any atom is -0.349 e. The predicted molar refractivity (Wildman–Crippen MR) is 139 cm³/mol. The summed E-state index contributed by atoms with van der Waals surface area (Å²) in [6.07, 6.45) is 1.53. The van der Waals surface area contributed by atoms with Crippen molar-refractivity contribution >= 4 is 29.0 Å². The first kappa shape index (κ1) is 23.3.